The van der Waals surface area contributed by atoms with Crippen molar-refractivity contribution in [2.24, 2.45) is 0 Å². The highest BCUT2D eigenvalue weighted by Crippen LogP contribution is 2.17. The lowest BCUT2D eigenvalue weighted by Gasteiger charge is -2.09. The van der Waals surface area contributed by atoms with Gasteiger partial charge < -0.3 is 10.7 Å². The molecule has 12 heteroatoms. The lowest BCUT2D eigenvalue weighted by molar-refractivity contribution is 0.586. The first kappa shape index (κ1) is 19.3. The Kier molecular flexibility index (Phi) is 5.30. The molecular formula is C16H18N8O3S. The molecule has 146 valence electrons. The number of H-pyrrole nitrogens is 1. The highest BCUT2D eigenvalue weighted by Gasteiger charge is 2.15. The fraction of sp³-hybridized carbons (Fsp3) is 0.250. The molecule has 2 aromatic heterocycles. The number of rotatable bonds is 7. The van der Waals surface area contributed by atoms with E-state index in [1.165, 1.54) is 4.57 Å². The second-order valence-corrected chi connectivity index (χ2v) is 7.85. The van der Waals surface area contributed by atoms with Crippen LogP contribution < -0.4 is 21.7 Å². The Morgan fingerprint density at radius 3 is 2.86 bits per heavy atom. The molecule has 0 aliphatic rings. The molecule has 5 N–H and O–H groups in total. The van der Waals surface area contributed by atoms with E-state index in [9.17, 15) is 13.2 Å². The third kappa shape index (κ3) is 4.11. The zero-order chi connectivity index (χ0) is 20.3. The molecule has 0 spiro atoms. The minimum Gasteiger partial charge on any atom is -0.382 e. The summed E-state index contributed by atoms with van der Waals surface area (Å²) < 4.78 is 24.9. The van der Waals surface area contributed by atoms with Crippen LogP contribution in [0.1, 0.15) is 24.5 Å². The number of aromatic amines is 1. The molecule has 3 aromatic rings. The van der Waals surface area contributed by atoms with E-state index < -0.39 is 15.7 Å². The predicted octanol–water partition coefficient (Wildman–Crippen LogP) is 0.278. The number of nitrogens with two attached hydrogens (primary N) is 1. The summed E-state index contributed by atoms with van der Waals surface area (Å²) in [5.74, 6) is -0.172. The number of nitrogen functional groups attached to an aromatic ring is 1. The van der Waals surface area contributed by atoms with Gasteiger partial charge in [0.25, 0.3) is 0 Å². The van der Waals surface area contributed by atoms with Crippen LogP contribution in [0.2, 0.25) is 0 Å². The van der Waals surface area contributed by atoms with Gasteiger partial charge in [-0.15, -0.1) is 4.83 Å². The van der Waals surface area contributed by atoms with E-state index in [-0.39, 0.29) is 35.2 Å². The lowest BCUT2D eigenvalue weighted by Crippen LogP contribution is -2.32. The highest BCUT2D eigenvalue weighted by molar-refractivity contribution is 7.89. The standard InChI is InChI=1S/C16H18N8O3S/c1-2-6-28(26,27)23-22-15-20-13(18)12-14(21-15)24(16(25)19-12)9-11-5-3-4-10(7-11)8-17/h3-5,7,23H,2,6,9H2,1H3,(H,19,25)(H3,18,20,21,22). The van der Waals surface area contributed by atoms with Gasteiger partial charge in [0, 0.05) is 0 Å². The smallest absolute Gasteiger partial charge is 0.328 e. The average Bonchev–Trinajstić information content (AvgIpc) is 2.97. The van der Waals surface area contributed by atoms with Crippen LogP contribution in [0.5, 0.6) is 0 Å². The first-order valence-corrected chi connectivity index (χ1v) is 9.98. The van der Waals surface area contributed by atoms with E-state index >= 15 is 0 Å². The summed E-state index contributed by atoms with van der Waals surface area (Å²) in [5.41, 5.74) is 9.46. The molecule has 11 nitrogen and oxygen atoms in total. The molecule has 0 amide bonds. The first-order valence-electron chi connectivity index (χ1n) is 8.33. The fourth-order valence-electron chi connectivity index (χ4n) is 2.62. The summed E-state index contributed by atoms with van der Waals surface area (Å²) in [7, 11) is -3.55. The van der Waals surface area contributed by atoms with Crippen LogP contribution in [0.25, 0.3) is 11.2 Å². The maximum Gasteiger partial charge on any atom is 0.328 e. The molecule has 0 fully saturated rings. The van der Waals surface area contributed by atoms with Gasteiger partial charge in [0.1, 0.15) is 5.52 Å². The normalized spacial score (nSPS) is 11.4. The van der Waals surface area contributed by atoms with Crippen molar-refractivity contribution in [2.75, 3.05) is 16.9 Å². The highest BCUT2D eigenvalue weighted by atomic mass is 32.2. The molecule has 0 saturated carbocycles. The van der Waals surface area contributed by atoms with Gasteiger partial charge in [-0.3, -0.25) is 9.99 Å². The van der Waals surface area contributed by atoms with E-state index in [1.54, 1.807) is 31.2 Å². The van der Waals surface area contributed by atoms with Crippen molar-refractivity contribution in [3.8, 4) is 6.07 Å². The predicted molar refractivity (Wildman–Crippen MR) is 104 cm³/mol. The summed E-state index contributed by atoms with van der Waals surface area (Å²) in [4.78, 5) is 25.3. The van der Waals surface area contributed by atoms with Crippen molar-refractivity contribution in [3.63, 3.8) is 0 Å². The number of aromatic nitrogens is 4. The van der Waals surface area contributed by atoms with Gasteiger partial charge in [-0.2, -0.15) is 15.2 Å². The van der Waals surface area contributed by atoms with E-state index in [4.69, 9.17) is 11.0 Å². The minimum absolute atomic E-state index is 0.0104. The third-order valence-corrected chi connectivity index (χ3v) is 5.20. The molecule has 0 radical (unpaired) electrons. The van der Waals surface area contributed by atoms with Crippen molar-refractivity contribution < 1.29 is 8.42 Å². The number of sulfonamides is 1. The number of benzene rings is 1. The Bertz CT molecular complexity index is 1220. The van der Waals surface area contributed by atoms with Gasteiger partial charge in [0.15, 0.2) is 11.5 Å². The van der Waals surface area contributed by atoms with Gasteiger partial charge in [-0.1, -0.05) is 19.1 Å². The molecule has 3 rings (SSSR count). The SMILES string of the molecule is CCCS(=O)(=O)NNc1nc(N)c2[nH]c(=O)n(Cc3cccc(C#N)c3)c2n1. The van der Waals surface area contributed by atoms with Gasteiger partial charge >= 0.3 is 5.69 Å². The summed E-state index contributed by atoms with van der Waals surface area (Å²) in [6, 6.07) is 8.85. The number of nitrogens with one attached hydrogen (secondary N) is 3. The fourth-order valence-corrected chi connectivity index (χ4v) is 3.51. The first-order chi connectivity index (χ1) is 13.3. The van der Waals surface area contributed by atoms with Gasteiger partial charge in [0.05, 0.1) is 23.9 Å². The monoisotopic (exact) mass is 402 g/mol. The van der Waals surface area contributed by atoms with Crippen LogP contribution in [0.3, 0.4) is 0 Å². The van der Waals surface area contributed by atoms with E-state index in [0.717, 1.165) is 5.56 Å². The van der Waals surface area contributed by atoms with Crippen molar-refractivity contribution >= 4 is 33.0 Å². The zero-order valence-electron chi connectivity index (χ0n) is 14.9. The van der Waals surface area contributed by atoms with Crippen LogP contribution in [0.4, 0.5) is 11.8 Å². The minimum atomic E-state index is -3.55. The Morgan fingerprint density at radius 2 is 2.14 bits per heavy atom. The van der Waals surface area contributed by atoms with E-state index in [1.807, 2.05) is 6.07 Å². The summed E-state index contributed by atoms with van der Waals surface area (Å²) in [6.07, 6.45) is 0.443. The number of fused-ring (bicyclic) bond motifs is 1. The molecule has 0 bridgehead atoms. The van der Waals surface area contributed by atoms with E-state index in [0.29, 0.717) is 12.0 Å². The van der Waals surface area contributed by atoms with Crippen LogP contribution in [0.15, 0.2) is 29.1 Å². The zero-order valence-corrected chi connectivity index (χ0v) is 15.7. The van der Waals surface area contributed by atoms with Crippen LogP contribution in [0, 0.1) is 11.3 Å². The molecule has 0 atom stereocenters. The molecule has 1 aromatic carbocycles. The van der Waals surface area contributed by atoms with Crippen molar-refractivity contribution in [1.29, 1.82) is 5.26 Å². The second-order valence-electron chi connectivity index (χ2n) is 6.01. The lowest BCUT2D eigenvalue weighted by atomic mass is 10.1. The number of hydrogen-bond donors (Lipinski definition) is 4. The van der Waals surface area contributed by atoms with Gasteiger partial charge in [0.2, 0.25) is 16.0 Å². The Morgan fingerprint density at radius 1 is 1.36 bits per heavy atom. The summed E-state index contributed by atoms with van der Waals surface area (Å²) in [6.45, 7) is 1.88. The molecular weight excluding hydrogens is 384 g/mol. The van der Waals surface area contributed by atoms with Gasteiger partial charge in [-0.05, 0) is 24.1 Å². The Balaban J connectivity index is 1.97. The average molecular weight is 402 g/mol. The van der Waals surface area contributed by atoms with Crippen molar-refractivity contribution in [1.82, 2.24) is 24.4 Å². The van der Waals surface area contributed by atoms with Gasteiger partial charge in [-0.25, -0.2) is 13.2 Å². The number of imidazole rings is 1. The number of hydrogen-bond acceptors (Lipinski definition) is 8. The maximum absolute atomic E-state index is 12.4. The molecule has 0 aliphatic carbocycles. The quantitative estimate of drug-likeness (QED) is 0.408. The Hall–Kier alpha value is -3.43. The van der Waals surface area contributed by atoms with Crippen molar-refractivity contribution in [3.05, 3.63) is 45.9 Å². The van der Waals surface area contributed by atoms with Crippen LogP contribution in [-0.2, 0) is 16.6 Å². The topological polar surface area (TPSA) is 172 Å². The molecule has 28 heavy (non-hydrogen) atoms. The number of anilines is 2. The van der Waals surface area contributed by atoms with Crippen LogP contribution in [-0.4, -0.2) is 33.7 Å². The largest absolute Gasteiger partial charge is 0.382 e. The molecule has 0 aliphatic heterocycles. The molecule has 0 saturated heterocycles. The summed E-state index contributed by atoms with van der Waals surface area (Å²) >= 11 is 0. The summed E-state index contributed by atoms with van der Waals surface area (Å²) in [5, 5.41) is 9.02. The van der Waals surface area contributed by atoms with Crippen LogP contribution >= 0.6 is 0 Å². The maximum atomic E-state index is 12.4. The third-order valence-electron chi connectivity index (χ3n) is 3.84. The number of hydrazine groups is 1. The second kappa shape index (κ2) is 7.67. The molecule has 0 unspecified atom stereocenters. The van der Waals surface area contributed by atoms with E-state index in [2.05, 4.69) is 25.2 Å². The Labute approximate surface area is 160 Å². The van der Waals surface area contributed by atoms with Crippen molar-refractivity contribution in [2.45, 2.75) is 19.9 Å². The molecule has 2 heterocycles. The number of nitriles is 1. The number of nitrogens with zero attached hydrogens (tertiary/aromatic N) is 4.